The highest BCUT2D eigenvalue weighted by molar-refractivity contribution is 5.87. The van der Waals surface area contributed by atoms with Gasteiger partial charge in [0.2, 0.25) is 11.8 Å². The molecule has 2 aromatic rings. The number of hydrogen-bond donors (Lipinski definition) is 0. The van der Waals surface area contributed by atoms with E-state index in [9.17, 15) is 9.59 Å². The van der Waals surface area contributed by atoms with Gasteiger partial charge in [-0.2, -0.15) is 0 Å². The van der Waals surface area contributed by atoms with Crippen molar-refractivity contribution in [3.05, 3.63) is 36.4 Å². The average Bonchev–Trinajstić information content (AvgIpc) is 3.74. The van der Waals surface area contributed by atoms with E-state index in [0.717, 1.165) is 55.1 Å². The van der Waals surface area contributed by atoms with Crippen LogP contribution in [0.2, 0.25) is 0 Å². The minimum Gasteiger partial charge on any atom is -0.497 e. The first-order chi connectivity index (χ1) is 16.5. The van der Waals surface area contributed by atoms with Crippen LogP contribution in [-0.4, -0.2) is 77.7 Å². The fourth-order valence-electron chi connectivity index (χ4n) is 4.31. The van der Waals surface area contributed by atoms with Crippen LogP contribution < -0.4 is 9.64 Å². The summed E-state index contributed by atoms with van der Waals surface area (Å²) in [4.78, 5) is 31.7. The summed E-state index contributed by atoms with van der Waals surface area (Å²) in [5.41, 5.74) is 1.75. The molecular formula is C26H35N5O3. The lowest BCUT2D eigenvalue weighted by atomic mass is 10.1. The molecule has 0 N–H and O–H groups in total. The molecule has 2 heterocycles. The van der Waals surface area contributed by atoms with E-state index in [4.69, 9.17) is 4.74 Å². The smallest absolute Gasteiger partial charge is 0.242 e. The maximum atomic E-state index is 13.1. The molecule has 8 heteroatoms. The molecule has 0 radical (unpaired) electrons. The van der Waals surface area contributed by atoms with Gasteiger partial charge in [0.1, 0.15) is 5.75 Å². The number of ether oxygens (including phenoxy) is 1. The third-order valence-corrected chi connectivity index (χ3v) is 6.83. The number of carbonyl (C=O) groups is 2. The van der Waals surface area contributed by atoms with E-state index < -0.39 is 0 Å². The Bertz CT molecular complexity index is 992. The van der Waals surface area contributed by atoms with Crippen LogP contribution in [-0.2, 0) is 9.59 Å². The van der Waals surface area contributed by atoms with Gasteiger partial charge in [0.05, 0.1) is 19.3 Å². The Morgan fingerprint density at radius 1 is 1.12 bits per heavy atom. The highest BCUT2D eigenvalue weighted by Gasteiger charge is 2.36. The number of hydrogen-bond acceptors (Lipinski definition) is 6. The zero-order valence-electron chi connectivity index (χ0n) is 20.4. The molecule has 182 valence electrons. The highest BCUT2D eigenvalue weighted by atomic mass is 16.5. The molecule has 1 saturated carbocycles. The fraction of sp³-hybridized carbons (Fsp3) is 0.538. The van der Waals surface area contributed by atoms with E-state index >= 15 is 0 Å². The number of amides is 2. The van der Waals surface area contributed by atoms with Gasteiger partial charge in [0, 0.05) is 43.7 Å². The third-order valence-electron chi connectivity index (χ3n) is 6.83. The van der Waals surface area contributed by atoms with Gasteiger partial charge in [-0.1, -0.05) is 19.1 Å². The molecule has 2 fully saturated rings. The SMILES string of the molecule is CCC(C)N(CC(=O)N1CCCN(c2ccc(-c3cccc(OC)c3)nn2)CC1)C(=O)C1CC1. The molecule has 1 aliphatic heterocycles. The summed E-state index contributed by atoms with van der Waals surface area (Å²) in [5, 5.41) is 8.88. The molecule has 8 nitrogen and oxygen atoms in total. The van der Waals surface area contributed by atoms with Crippen LogP contribution in [0.5, 0.6) is 5.75 Å². The van der Waals surface area contributed by atoms with E-state index in [-0.39, 0.29) is 30.3 Å². The van der Waals surface area contributed by atoms with Crippen molar-refractivity contribution in [2.75, 3.05) is 44.7 Å². The van der Waals surface area contributed by atoms with E-state index in [1.807, 2.05) is 48.2 Å². The van der Waals surface area contributed by atoms with Crippen molar-refractivity contribution >= 4 is 17.6 Å². The molecule has 1 aromatic carbocycles. The average molecular weight is 466 g/mol. The molecule has 1 aliphatic carbocycles. The summed E-state index contributed by atoms with van der Waals surface area (Å²) in [6, 6.07) is 11.8. The Balaban J connectivity index is 1.36. The zero-order chi connectivity index (χ0) is 24.1. The van der Waals surface area contributed by atoms with Gasteiger partial charge in [0.15, 0.2) is 5.82 Å². The molecule has 1 aromatic heterocycles. The van der Waals surface area contributed by atoms with Gasteiger partial charge in [-0.25, -0.2) is 0 Å². The molecular weight excluding hydrogens is 430 g/mol. The first-order valence-corrected chi connectivity index (χ1v) is 12.3. The van der Waals surface area contributed by atoms with Crippen LogP contribution in [0.4, 0.5) is 5.82 Å². The van der Waals surface area contributed by atoms with Crippen molar-refractivity contribution in [2.24, 2.45) is 5.92 Å². The number of rotatable bonds is 8. The maximum Gasteiger partial charge on any atom is 0.242 e. The van der Waals surface area contributed by atoms with Crippen LogP contribution in [0.3, 0.4) is 0 Å². The van der Waals surface area contributed by atoms with Crippen molar-refractivity contribution in [2.45, 2.75) is 45.6 Å². The van der Waals surface area contributed by atoms with Gasteiger partial charge in [0.25, 0.3) is 0 Å². The molecule has 1 saturated heterocycles. The largest absolute Gasteiger partial charge is 0.497 e. The van der Waals surface area contributed by atoms with Crippen molar-refractivity contribution in [3.63, 3.8) is 0 Å². The molecule has 2 aliphatic rings. The van der Waals surface area contributed by atoms with Gasteiger partial charge < -0.3 is 19.4 Å². The summed E-state index contributed by atoms with van der Waals surface area (Å²) in [7, 11) is 1.65. The monoisotopic (exact) mass is 465 g/mol. The van der Waals surface area contributed by atoms with Crippen LogP contribution in [0, 0.1) is 5.92 Å². The van der Waals surface area contributed by atoms with Gasteiger partial charge in [-0.15, -0.1) is 10.2 Å². The quantitative estimate of drug-likeness (QED) is 0.596. The summed E-state index contributed by atoms with van der Waals surface area (Å²) in [6.45, 7) is 7.09. The van der Waals surface area contributed by atoms with Crippen molar-refractivity contribution in [1.82, 2.24) is 20.0 Å². The second kappa shape index (κ2) is 10.8. The predicted octanol–water partition coefficient (Wildman–Crippen LogP) is 3.23. The summed E-state index contributed by atoms with van der Waals surface area (Å²) >= 11 is 0. The molecule has 4 rings (SSSR count). The van der Waals surface area contributed by atoms with Gasteiger partial charge >= 0.3 is 0 Å². The zero-order valence-corrected chi connectivity index (χ0v) is 20.4. The Morgan fingerprint density at radius 2 is 1.94 bits per heavy atom. The minimum atomic E-state index is 0.0376. The Labute approximate surface area is 201 Å². The van der Waals surface area contributed by atoms with Crippen LogP contribution in [0.1, 0.15) is 39.5 Å². The van der Waals surface area contributed by atoms with Crippen LogP contribution in [0.15, 0.2) is 36.4 Å². The minimum absolute atomic E-state index is 0.0376. The highest BCUT2D eigenvalue weighted by Crippen LogP contribution is 2.32. The van der Waals surface area contributed by atoms with Crippen molar-refractivity contribution < 1.29 is 14.3 Å². The number of carbonyl (C=O) groups excluding carboxylic acids is 2. The van der Waals surface area contributed by atoms with Crippen molar-refractivity contribution in [3.8, 4) is 17.0 Å². The Kier molecular flexibility index (Phi) is 7.65. The standard InChI is InChI=1S/C26H35N5O3/c1-4-19(2)31(26(33)20-9-10-20)18-25(32)30-14-6-13-29(15-16-30)24-12-11-23(27-28-24)21-7-5-8-22(17-21)34-3/h5,7-8,11-12,17,19-20H,4,6,9-10,13-16,18H2,1-3H3. The Hall–Kier alpha value is -3.16. The second-order valence-electron chi connectivity index (χ2n) is 9.23. The summed E-state index contributed by atoms with van der Waals surface area (Å²) in [6.07, 6.45) is 3.61. The molecule has 0 spiro atoms. The summed E-state index contributed by atoms with van der Waals surface area (Å²) in [5.74, 6) is 1.90. The fourth-order valence-corrected chi connectivity index (χ4v) is 4.31. The first kappa shape index (κ1) is 24.0. The normalized spacial score (nSPS) is 17.1. The summed E-state index contributed by atoms with van der Waals surface area (Å²) < 4.78 is 5.30. The van der Waals surface area contributed by atoms with Gasteiger partial charge in [-0.3, -0.25) is 9.59 Å². The maximum absolute atomic E-state index is 13.1. The topological polar surface area (TPSA) is 78.9 Å². The molecule has 1 atom stereocenters. The lowest BCUT2D eigenvalue weighted by Crippen LogP contribution is -2.47. The van der Waals surface area contributed by atoms with E-state index in [2.05, 4.69) is 22.0 Å². The van der Waals surface area contributed by atoms with Gasteiger partial charge in [-0.05, 0) is 56.9 Å². The molecule has 0 bridgehead atoms. The first-order valence-electron chi connectivity index (χ1n) is 12.3. The predicted molar refractivity (Wildman–Crippen MR) is 132 cm³/mol. The molecule has 2 amide bonds. The number of benzene rings is 1. The van der Waals surface area contributed by atoms with E-state index in [0.29, 0.717) is 19.6 Å². The Morgan fingerprint density at radius 3 is 2.62 bits per heavy atom. The molecule has 34 heavy (non-hydrogen) atoms. The van der Waals surface area contributed by atoms with E-state index in [1.165, 1.54) is 0 Å². The molecule has 1 unspecified atom stereocenters. The second-order valence-corrected chi connectivity index (χ2v) is 9.23. The third kappa shape index (κ3) is 5.66. The lowest BCUT2D eigenvalue weighted by molar-refractivity contribution is -0.143. The van der Waals surface area contributed by atoms with Crippen molar-refractivity contribution in [1.29, 1.82) is 0 Å². The van der Waals surface area contributed by atoms with Crippen LogP contribution in [0.25, 0.3) is 11.3 Å². The number of aromatic nitrogens is 2. The number of nitrogens with zero attached hydrogens (tertiary/aromatic N) is 5. The van der Waals surface area contributed by atoms with E-state index in [1.54, 1.807) is 12.0 Å². The lowest BCUT2D eigenvalue weighted by Gasteiger charge is -2.31. The number of methoxy groups -OCH3 is 1. The van der Waals surface area contributed by atoms with Crippen LogP contribution >= 0.6 is 0 Å². The number of anilines is 1.